The number of carbonyl (C=O) groups is 1. The zero-order valence-corrected chi connectivity index (χ0v) is 10.7. The van der Waals surface area contributed by atoms with E-state index in [1.54, 1.807) is 22.7 Å². The summed E-state index contributed by atoms with van der Waals surface area (Å²) in [7, 11) is 0. The van der Waals surface area contributed by atoms with Gasteiger partial charge in [-0.25, -0.2) is 0 Å². The lowest BCUT2D eigenvalue weighted by atomic mass is 10.2. The monoisotopic (exact) mass is 255 g/mol. The standard InChI is InChI=1S/C12H17NO3S/c1-17-8-10-4-5-11(16-10)12(15)13-6-2-3-9(13)7-14/h4-5,9,14H,2-3,6-8H2,1H3/t9-/m1/s1. The molecule has 0 bridgehead atoms. The summed E-state index contributed by atoms with van der Waals surface area (Å²) in [5.74, 6) is 1.88. The number of likely N-dealkylation sites (tertiary alicyclic amines) is 1. The van der Waals surface area contributed by atoms with Crippen molar-refractivity contribution in [3.05, 3.63) is 23.7 Å². The lowest BCUT2D eigenvalue weighted by molar-refractivity contribution is 0.0644. The van der Waals surface area contributed by atoms with Crippen molar-refractivity contribution in [3.63, 3.8) is 0 Å². The van der Waals surface area contributed by atoms with Crippen LogP contribution in [0.25, 0.3) is 0 Å². The summed E-state index contributed by atoms with van der Waals surface area (Å²) in [5, 5.41) is 9.19. The molecule has 1 amide bonds. The van der Waals surface area contributed by atoms with Gasteiger partial charge in [0, 0.05) is 6.54 Å². The third kappa shape index (κ3) is 2.66. The van der Waals surface area contributed by atoms with Crippen LogP contribution in [0.1, 0.15) is 29.2 Å². The molecule has 4 nitrogen and oxygen atoms in total. The molecule has 0 aromatic carbocycles. The van der Waals surface area contributed by atoms with Crippen molar-refractivity contribution in [1.29, 1.82) is 0 Å². The van der Waals surface area contributed by atoms with Gasteiger partial charge in [0.05, 0.1) is 18.4 Å². The molecule has 0 unspecified atom stereocenters. The number of aliphatic hydroxyl groups is 1. The maximum absolute atomic E-state index is 12.1. The molecule has 5 heteroatoms. The zero-order chi connectivity index (χ0) is 12.3. The second-order valence-electron chi connectivity index (χ2n) is 4.18. The van der Waals surface area contributed by atoms with Crippen LogP contribution < -0.4 is 0 Å². The van der Waals surface area contributed by atoms with E-state index in [4.69, 9.17) is 4.42 Å². The van der Waals surface area contributed by atoms with Crippen molar-refractivity contribution in [1.82, 2.24) is 4.90 Å². The Morgan fingerprint density at radius 2 is 2.47 bits per heavy atom. The minimum absolute atomic E-state index is 0.0319. The van der Waals surface area contributed by atoms with Crippen molar-refractivity contribution in [2.45, 2.75) is 24.6 Å². The summed E-state index contributed by atoms with van der Waals surface area (Å²) in [5.41, 5.74) is 0. The lowest BCUT2D eigenvalue weighted by Crippen LogP contribution is -2.37. The molecule has 1 aromatic heterocycles. The topological polar surface area (TPSA) is 53.7 Å². The Hall–Kier alpha value is -0.940. The number of nitrogens with zero attached hydrogens (tertiary/aromatic N) is 1. The van der Waals surface area contributed by atoms with Crippen molar-refractivity contribution < 1.29 is 14.3 Å². The number of hydrogen-bond donors (Lipinski definition) is 1. The van der Waals surface area contributed by atoms with Crippen LogP contribution in [0.2, 0.25) is 0 Å². The van der Waals surface area contributed by atoms with E-state index in [0.717, 1.165) is 24.4 Å². The highest BCUT2D eigenvalue weighted by Gasteiger charge is 2.30. The molecule has 0 aliphatic carbocycles. The molecule has 2 heterocycles. The molecule has 0 spiro atoms. The van der Waals surface area contributed by atoms with Crippen LogP contribution in [-0.2, 0) is 5.75 Å². The van der Waals surface area contributed by atoms with Crippen molar-refractivity contribution in [2.75, 3.05) is 19.4 Å². The van der Waals surface area contributed by atoms with Gasteiger partial charge in [-0.1, -0.05) is 0 Å². The van der Waals surface area contributed by atoms with Crippen LogP contribution in [0.5, 0.6) is 0 Å². The largest absolute Gasteiger partial charge is 0.455 e. The first-order valence-electron chi connectivity index (χ1n) is 5.75. The van der Waals surface area contributed by atoms with E-state index in [9.17, 15) is 9.90 Å². The van der Waals surface area contributed by atoms with E-state index in [2.05, 4.69) is 0 Å². The Morgan fingerprint density at radius 1 is 1.65 bits per heavy atom. The summed E-state index contributed by atoms with van der Waals surface area (Å²) in [6.45, 7) is 0.743. The van der Waals surface area contributed by atoms with E-state index >= 15 is 0 Å². The van der Waals surface area contributed by atoms with Gasteiger partial charge in [-0.15, -0.1) is 0 Å². The first kappa shape index (κ1) is 12.5. The SMILES string of the molecule is CSCc1ccc(C(=O)N2CCC[C@@H]2CO)o1. The molecule has 2 rings (SSSR count). The lowest BCUT2D eigenvalue weighted by Gasteiger charge is -2.21. The van der Waals surface area contributed by atoms with E-state index in [0.29, 0.717) is 12.3 Å². The van der Waals surface area contributed by atoms with E-state index in [1.165, 1.54) is 0 Å². The summed E-state index contributed by atoms with van der Waals surface area (Å²) >= 11 is 1.66. The van der Waals surface area contributed by atoms with Crippen molar-refractivity contribution in [2.24, 2.45) is 0 Å². The summed E-state index contributed by atoms with van der Waals surface area (Å²) in [6, 6.07) is 3.52. The number of aliphatic hydroxyl groups excluding tert-OH is 1. The third-order valence-electron chi connectivity index (χ3n) is 3.01. The van der Waals surface area contributed by atoms with Gasteiger partial charge in [-0.3, -0.25) is 4.79 Å². The molecule has 94 valence electrons. The van der Waals surface area contributed by atoms with E-state index < -0.39 is 0 Å². The maximum atomic E-state index is 12.1. The molecule has 1 fully saturated rings. The first-order valence-corrected chi connectivity index (χ1v) is 7.15. The molecule has 1 aliphatic rings. The molecule has 1 N–H and O–H groups in total. The minimum Gasteiger partial charge on any atom is -0.455 e. The average Bonchev–Trinajstić information content (AvgIpc) is 2.96. The summed E-state index contributed by atoms with van der Waals surface area (Å²) in [4.78, 5) is 13.9. The van der Waals surface area contributed by atoms with Gasteiger partial charge in [0.15, 0.2) is 5.76 Å². The van der Waals surface area contributed by atoms with Crippen molar-refractivity contribution >= 4 is 17.7 Å². The molecular formula is C12H17NO3S. The third-order valence-corrected chi connectivity index (χ3v) is 3.58. The molecule has 1 aromatic rings. The minimum atomic E-state index is -0.103. The molecular weight excluding hydrogens is 238 g/mol. The number of furan rings is 1. The Morgan fingerprint density at radius 3 is 3.18 bits per heavy atom. The highest BCUT2D eigenvalue weighted by molar-refractivity contribution is 7.97. The van der Waals surface area contributed by atoms with Crippen LogP contribution in [0, 0.1) is 0 Å². The Balaban J connectivity index is 2.07. The fourth-order valence-corrected chi connectivity index (χ4v) is 2.59. The number of thioether (sulfide) groups is 1. The second-order valence-corrected chi connectivity index (χ2v) is 5.04. The number of amides is 1. The van der Waals surface area contributed by atoms with Gasteiger partial charge in [0.2, 0.25) is 0 Å². The quantitative estimate of drug-likeness (QED) is 0.890. The highest BCUT2D eigenvalue weighted by atomic mass is 32.2. The zero-order valence-electron chi connectivity index (χ0n) is 9.89. The molecule has 0 saturated carbocycles. The molecule has 17 heavy (non-hydrogen) atoms. The molecule has 0 radical (unpaired) electrons. The fourth-order valence-electron chi connectivity index (χ4n) is 2.15. The van der Waals surface area contributed by atoms with Crippen LogP contribution in [0.4, 0.5) is 0 Å². The highest BCUT2D eigenvalue weighted by Crippen LogP contribution is 2.21. The van der Waals surface area contributed by atoms with Gasteiger partial charge in [0.25, 0.3) is 5.91 Å². The Kier molecular flexibility index (Phi) is 4.12. The molecule has 1 atom stereocenters. The predicted molar refractivity (Wildman–Crippen MR) is 67.1 cm³/mol. The molecule has 1 aliphatic heterocycles. The summed E-state index contributed by atoms with van der Waals surface area (Å²) < 4.78 is 5.50. The van der Waals surface area contributed by atoms with Gasteiger partial charge in [-0.2, -0.15) is 11.8 Å². The number of carbonyl (C=O) groups excluding carboxylic acids is 1. The van der Waals surface area contributed by atoms with Crippen LogP contribution in [0.3, 0.4) is 0 Å². The Labute approximate surface area is 105 Å². The fraction of sp³-hybridized carbons (Fsp3) is 0.583. The maximum Gasteiger partial charge on any atom is 0.289 e. The Bertz CT molecular complexity index is 391. The first-order chi connectivity index (χ1) is 8.26. The van der Waals surface area contributed by atoms with Gasteiger partial charge in [-0.05, 0) is 31.2 Å². The normalized spacial score (nSPS) is 19.9. The van der Waals surface area contributed by atoms with Crippen LogP contribution in [-0.4, -0.2) is 41.4 Å². The van der Waals surface area contributed by atoms with Gasteiger partial charge in [0.1, 0.15) is 5.76 Å². The van der Waals surface area contributed by atoms with Gasteiger partial charge < -0.3 is 14.4 Å². The molecule has 1 saturated heterocycles. The van der Waals surface area contributed by atoms with E-state index in [1.807, 2.05) is 12.3 Å². The number of hydrogen-bond acceptors (Lipinski definition) is 4. The smallest absolute Gasteiger partial charge is 0.289 e. The number of rotatable bonds is 4. The van der Waals surface area contributed by atoms with Crippen LogP contribution >= 0.6 is 11.8 Å². The van der Waals surface area contributed by atoms with Gasteiger partial charge >= 0.3 is 0 Å². The van der Waals surface area contributed by atoms with E-state index in [-0.39, 0.29) is 18.6 Å². The van der Waals surface area contributed by atoms with Crippen molar-refractivity contribution in [3.8, 4) is 0 Å². The predicted octanol–water partition coefficient (Wildman–Crippen LogP) is 1.74. The average molecular weight is 255 g/mol. The summed E-state index contributed by atoms with van der Waals surface area (Å²) in [6.07, 6.45) is 3.82. The second kappa shape index (κ2) is 5.60. The van der Waals surface area contributed by atoms with Crippen LogP contribution in [0.15, 0.2) is 16.5 Å².